The number of ether oxygens (including phenoxy) is 2. The molecule has 31 heavy (non-hydrogen) atoms. The lowest BCUT2D eigenvalue weighted by Crippen LogP contribution is -2.50. The summed E-state index contributed by atoms with van der Waals surface area (Å²) < 4.78 is 10.7. The smallest absolute Gasteiger partial charge is 0.293 e. The van der Waals surface area contributed by atoms with Gasteiger partial charge in [-0.2, -0.15) is 0 Å². The van der Waals surface area contributed by atoms with Crippen molar-refractivity contribution in [3.8, 4) is 5.75 Å². The number of carbonyl (C=O) groups excluding carboxylic acids is 2. The van der Waals surface area contributed by atoms with Gasteiger partial charge in [0.05, 0.1) is 19.8 Å². The molecule has 2 atom stereocenters. The highest BCUT2D eigenvalue weighted by Crippen LogP contribution is 2.44. The molecular weight excluding hydrogens is 420 g/mol. The summed E-state index contributed by atoms with van der Waals surface area (Å²) in [5.74, 6) is 0.0779. The number of alkyl halides is 1. The van der Waals surface area contributed by atoms with Crippen LogP contribution in [0.15, 0.2) is 42.5 Å². The third-order valence-corrected chi connectivity index (χ3v) is 5.99. The number of methoxy groups -OCH3 is 1. The third kappa shape index (κ3) is 3.75. The van der Waals surface area contributed by atoms with Gasteiger partial charge in [-0.25, -0.2) is 0 Å². The molecule has 162 valence electrons. The number of hydrogen-bond donors (Lipinski definition) is 2. The molecule has 0 radical (unpaired) electrons. The Bertz CT molecular complexity index is 1110. The maximum absolute atomic E-state index is 13.0. The van der Waals surface area contributed by atoms with E-state index < -0.39 is 12.1 Å². The van der Waals surface area contributed by atoms with Crippen LogP contribution in [-0.2, 0) is 27.4 Å². The first-order valence-electron chi connectivity index (χ1n) is 9.92. The van der Waals surface area contributed by atoms with Gasteiger partial charge >= 0.3 is 0 Å². The monoisotopic (exact) mass is 442 g/mol. The van der Waals surface area contributed by atoms with Crippen molar-refractivity contribution in [2.24, 2.45) is 0 Å². The van der Waals surface area contributed by atoms with Gasteiger partial charge in [-0.15, -0.1) is 11.6 Å². The quantitative estimate of drug-likeness (QED) is 0.433. The number of benzene rings is 2. The van der Waals surface area contributed by atoms with Gasteiger partial charge in [0.2, 0.25) is 5.91 Å². The maximum Gasteiger partial charge on any atom is 0.293 e. The Morgan fingerprint density at radius 3 is 2.84 bits per heavy atom. The average Bonchev–Trinajstić information content (AvgIpc) is 3.19. The summed E-state index contributed by atoms with van der Waals surface area (Å²) in [4.78, 5) is 29.1. The minimum atomic E-state index is -0.552. The summed E-state index contributed by atoms with van der Waals surface area (Å²) >= 11 is 5.99. The zero-order valence-corrected chi connectivity index (χ0v) is 17.8. The summed E-state index contributed by atoms with van der Waals surface area (Å²) in [5.41, 5.74) is 4.27. The van der Waals surface area contributed by atoms with Crippen LogP contribution in [0.25, 0.3) is 10.9 Å². The predicted molar refractivity (Wildman–Crippen MR) is 116 cm³/mol. The van der Waals surface area contributed by atoms with E-state index in [-0.39, 0.29) is 25.0 Å². The minimum absolute atomic E-state index is 0.0452. The number of carbonyl (C=O) groups is 2. The topological polar surface area (TPSA) is 91.9 Å². The molecule has 0 fully saturated rings. The number of nitrogens with zero attached hydrogens (tertiary/aromatic N) is 1. The van der Waals surface area contributed by atoms with Crippen molar-refractivity contribution in [2.45, 2.75) is 25.1 Å². The van der Waals surface area contributed by atoms with Gasteiger partial charge in [0.1, 0.15) is 24.3 Å². The molecule has 0 saturated carbocycles. The molecule has 1 aliphatic rings. The third-order valence-electron chi connectivity index (χ3n) is 5.76. The Kier molecular flexibility index (Phi) is 6.15. The zero-order chi connectivity index (χ0) is 22.0. The van der Waals surface area contributed by atoms with Gasteiger partial charge in [0.15, 0.2) is 0 Å². The van der Waals surface area contributed by atoms with Gasteiger partial charge in [-0.3, -0.25) is 9.59 Å². The summed E-state index contributed by atoms with van der Waals surface area (Å²) in [6.07, 6.45) is 0.508. The second-order valence-electron chi connectivity index (χ2n) is 7.42. The van der Waals surface area contributed by atoms with Crippen molar-refractivity contribution in [1.82, 2.24) is 9.88 Å². The predicted octanol–water partition coefficient (Wildman–Crippen LogP) is 2.92. The fourth-order valence-corrected chi connectivity index (χ4v) is 4.60. The first kappa shape index (κ1) is 21.2. The van der Waals surface area contributed by atoms with Gasteiger partial charge < -0.3 is 24.5 Å². The average molecular weight is 443 g/mol. The summed E-state index contributed by atoms with van der Waals surface area (Å²) in [6.45, 7) is 0.282. The second-order valence-corrected chi connectivity index (χ2v) is 7.69. The molecule has 1 amide bonds. The lowest BCUT2D eigenvalue weighted by Gasteiger charge is -2.42. The molecule has 4 rings (SSSR count). The lowest BCUT2D eigenvalue weighted by atomic mass is 9.87. The fraction of sp³-hybridized carbons (Fsp3) is 0.304. The number of hydrogen-bond acceptors (Lipinski definition) is 5. The van der Waals surface area contributed by atoms with E-state index in [4.69, 9.17) is 21.1 Å². The van der Waals surface area contributed by atoms with E-state index in [1.54, 1.807) is 24.1 Å². The molecular formula is C23H23ClN2O5. The molecule has 3 aromatic rings. The van der Waals surface area contributed by atoms with Crippen LogP contribution in [-0.4, -0.2) is 53.0 Å². The number of aromatic amines is 1. The highest BCUT2D eigenvalue weighted by atomic mass is 35.5. The largest absolute Gasteiger partial charge is 0.496 e. The number of halogens is 1. The second kappa shape index (κ2) is 8.99. The standard InChI is InChI=1S/C23H23ClN2O5/c1-30-20-7-6-14(11-27)8-18(20)23-22-17(16-4-2-3-5-19(16)25-22)9-15(12-31-13-28)26(23)21(29)10-24/h2-8,13,15,23,25,27H,9-12H2,1H3/t15-,23+/m1/s1. The number of para-hydroxylation sites is 1. The van der Waals surface area contributed by atoms with Crippen molar-refractivity contribution in [1.29, 1.82) is 0 Å². The fourth-order valence-electron chi connectivity index (χ4n) is 4.47. The zero-order valence-electron chi connectivity index (χ0n) is 17.0. The van der Waals surface area contributed by atoms with Gasteiger partial charge in [0.25, 0.3) is 6.47 Å². The lowest BCUT2D eigenvalue weighted by molar-refractivity contribution is -0.139. The van der Waals surface area contributed by atoms with Crippen LogP contribution in [0.1, 0.15) is 28.4 Å². The van der Waals surface area contributed by atoms with Gasteiger partial charge in [0, 0.05) is 22.2 Å². The highest BCUT2D eigenvalue weighted by Gasteiger charge is 2.41. The van der Waals surface area contributed by atoms with Gasteiger partial charge in [-0.05, 0) is 35.7 Å². The molecule has 0 bridgehead atoms. The maximum atomic E-state index is 13.0. The van der Waals surface area contributed by atoms with Crippen LogP contribution >= 0.6 is 11.6 Å². The van der Waals surface area contributed by atoms with Crippen molar-refractivity contribution < 1.29 is 24.2 Å². The number of H-pyrrole nitrogens is 1. The first-order valence-corrected chi connectivity index (χ1v) is 10.5. The molecule has 2 N–H and O–H groups in total. The van der Waals surface area contributed by atoms with Crippen molar-refractivity contribution in [3.05, 3.63) is 64.8 Å². The molecule has 8 heteroatoms. The number of aliphatic hydroxyl groups is 1. The van der Waals surface area contributed by atoms with Crippen molar-refractivity contribution in [3.63, 3.8) is 0 Å². The van der Waals surface area contributed by atoms with Crippen LogP contribution in [0.4, 0.5) is 0 Å². The van der Waals surface area contributed by atoms with E-state index >= 15 is 0 Å². The van der Waals surface area contributed by atoms with Gasteiger partial charge in [-0.1, -0.05) is 24.3 Å². The molecule has 0 aliphatic carbocycles. The first-order chi connectivity index (χ1) is 15.1. The summed E-state index contributed by atoms with van der Waals surface area (Å²) in [5, 5.41) is 10.8. The molecule has 2 heterocycles. The van der Waals surface area contributed by atoms with Crippen LogP contribution in [0.2, 0.25) is 0 Å². The van der Waals surface area contributed by atoms with Crippen LogP contribution in [0, 0.1) is 0 Å². The number of amides is 1. The molecule has 0 spiro atoms. The molecule has 0 unspecified atom stereocenters. The SMILES string of the molecule is COc1ccc(CO)cc1[C@H]1c2[nH]c3ccccc3c2C[C@H](COC=O)N1C(=O)CCl. The van der Waals surface area contributed by atoms with Crippen molar-refractivity contribution >= 4 is 34.9 Å². The molecule has 7 nitrogen and oxygen atoms in total. The molecule has 0 saturated heterocycles. The Morgan fingerprint density at radius 2 is 2.13 bits per heavy atom. The molecule has 1 aliphatic heterocycles. The molecule has 2 aromatic carbocycles. The summed E-state index contributed by atoms with van der Waals surface area (Å²) in [6, 6.07) is 12.3. The normalized spacial score (nSPS) is 18.0. The van der Waals surface area contributed by atoms with E-state index in [2.05, 4.69) is 4.98 Å². The Labute approximate surface area is 184 Å². The highest BCUT2D eigenvalue weighted by molar-refractivity contribution is 6.27. The van der Waals surface area contributed by atoms with E-state index in [0.717, 1.165) is 27.7 Å². The number of nitrogens with one attached hydrogen (secondary N) is 1. The Morgan fingerprint density at radius 1 is 1.32 bits per heavy atom. The van der Waals surface area contributed by atoms with Crippen LogP contribution < -0.4 is 4.74 Å². The Balaban J connectivity index is 1.98. The van der Waals surface area contributed by atoms with E-state index in [9.17, 15) is 14.7 Å². The number of aromatic nitrogens is 1. The molecule has 1 aromatic heterocycles. The van der Waals surface area contributed by atoms with E-state index in [0.29, 0.717) is 24.2 Å². The van der Waals surface area contributed by atoms with Crippen molar-refractivity contribution in [2.75, 3.05) is 19.6 Å². The number of aliphatic hydroxyl groups excluding tert-OH is 1. The van der Waals surface area contributed by atoms with E-state index in [1.165, 1.54) is 0 Å². The van der Waals surface area contributed by atoms with E-state index in [1.807, 2.05) is 30.3 Å². The van der Waals surface area contributed by atoms with Crippen LogP contribution in [0.3, 0.4) is 0 Å². The number of rotatable bonds is 7. The minimum Gasteiger partial charge on any atom is -0.496 e. The van der Waals surface area contributed by atoms with Crippen LogP contribution in [0.5, 0.6) is 5.75 Å². The Hall–Kier alpha value is -3.03. The summed E-state index contributed by atoms with van der Waals surface area (Å²) in [7, 11) is 1.56. The number of fused-ring (bicyclic) bond motifs is 3.